The van der Waals surface area contributed by atoms with Crippen LogP contribution in [0.5, 0.6) is 5.75 Å². The predicted molar refractivity (Wildman–Crippen MR) is 74.6 cm³/mol. The maximum atomic E-state index is 13.3. The van der Waals surface area contributed by atoms with Gasteiger partial charge in [0.1, 0.15) is 17.3 Å². The van der Waals surface area contributed by atoms with Crippen molar-refractivity contribution in [1.82, 2.24) is 10.2 Å². The number of nitrogens with two attached hydrogens (primary N) is 1. The third kappa shape index (κ3) is 2.98. The summed E-state index contributed by atoms with van der Waals surface area (Å²) in [5.74, 6) is -0.659. The second-order valence-corrected chi connectivity index (χ2v) is 4.99. The Kier molecular flexibility index (Phi) is 4.61. The van der Waals surface area contributed by atoms with E-state index in [2.05, 4.69) is 17.1 Å². The Hall–Kier alpha value is -1.33. The van der Waals surface area contributed by atoms with Crippen LogP contribution in [0, 0.1) is 5.82 Å². The summed E-state index contributed by atoms with van der Waals surface area (Å²) in [5, 5.41) is 13.4. The number of anilines is 1. The zero-order valence-corrected chi connectivity index (χ0v) is 11.3. The normalized spacial score (nSPS) is 18.4. The summed E-state index contributed by atoms with van der Waals surface area (Å²) < 4.78 is 13.3. The summed E-state index contributed by atoms with van der Waals surface area (Å²) in [5.41, 5.74) is 6.18. The van der Waals surface area contributed by atoms with Crippen LogP contribution in [0.4, 0.5) is 10.1 Å². The monoisotopic (exact) mass is 267 g/mol. The van der Waals surface area contributed by atoms with E-state index in [-0.39, 0.29) is 17.5 Å². The zero-order chi connectivity index (χ0) is 13.8. The van der Waals surface area contributed by atoms with Crippen molar-refractivity contribution in [2.75, 3.05) is 31.9 Å². The number of hydrogen-bond acceptors (Lipinski definition) is 4. The van der Waals surface area contributed by atoms with E-state index in [1.54, 1.807) is 6.07 Å². The van der Waals surface area contributed by atoms with E-state index in [1.165, 1.54) is 6.07 Å². The minimum atomic E-state index is -0.559. The SMILES string of the molecule is CCC[C@@H](c1ccc(F)c(N)c1O)N1CCNCC1. The minimum Gasteiger partial charge on any atom is -0.505 e. The highest BCUT2D eigenvalue weighted by Crippen LogP contribution is 2.36. The van der Waals surface area contributed by atoms with Gasteiger partial charge in [0.15, 0.2) is 0 Å². The fourth-order valence-electron chi connectivity index (χ4n) is 2.67. The first kappa shape index (κ1) is 14.1. The molecule has 0 bridgehead atoms. The number of nitrogens with one attached hydrogen (secondary N) is 1. The summed E-state index contributed by atoms with van der Waals surface area (Å²) in [6, 6.07) is 3.11. The molecule has 106 valence electrons. The van der Waals surface area contributed by atoms with Crippen molar-refractivity contribution < 1.29 is 9.50 Å². The van der Waals surface area contributed by atoms with Crippen molar-refractivity contribution in [3.8, 4) is 5.75 Å². The molecule has 1 fully saturated rings. The highest BCUT2D eigenvalue weighted by Gasteiger charge is 2.25. The number of hydrogen-bond donors (Lipinski definition) is 3. The highest BCUT2D eigenvalue weighted by atomic mass is 19.1. The van der Waals surface area contributed by atoms with Crippen LogP contribution in [0.25, 0.3) is 0 Å². The lowest BCUT2D eigenvalue weighted by atomic mass is 9.98. The Morgan fingerprint density at radius 3 is 2.74 bits per heavy atom. The predicted octanol–water partition coefficient (Wildman–Crippen LogP) is 1.86. The molecule has 1 aromatic rings. The Bertz CT molecular complexity index is 433. The summed E-state index contributed by atoms with van der Waals surface area (Å²) in [6.45, 7) is 5.86. The molecule has 1 atom stereocenters. The quantitative estimate of drug-likeness (QED) is 0.575. The fourth-order valence-corrected chi connectivity index (χ4v) is 2.67. The smallest absolute Gasteiger partial charge is 0.149 e. The van der Waals surface area contributed by atoms with Crippen LogP contribution in [0.2, 0.25) is 0 Å². The topological polar surface area (TPSA) is 61.5 Å². The number of benzene rings is 1. The lowest BCUT2D eigenvalue weighted by Gasteiger charge is -2.35. The molecule has 2 rings (SSSR count). The molecule has 1 saturated heterocycles. The Morgan fingerprint density at radius 2 is 2.11 bits per heavy atom. The van der Waals surface area contributed by atoms with Gasteiger partial charge >= 0.3 is 0 Å². The van der Waals surface area contributed by atoms with Crippen molar-refractivity contribution >= 4 is 5.69 Å². The summed E-state index contributed by atoms with van der Waals surface area (Å²) in [4.78, 5) is 2.33. The lowest BCUT2D eigenvalue weighted by molar-refractivity contribution is 0.162. The molecular formula is C14H22FN3O. The average Bonchev–Trinajstić information content (AvgIpc) is 2.44. The van der Waals surface area contributed by atoms with Crippen LogP contribution in [-0.4, -0.2) is 36.2 Å². The Morgan fingerprint density at radius 1 is 1.42 bits per heavy atom. The molecule has 1 aliphatic rings. The fraction of sp³-hybridized carbons (Fsp3) is 0.571. The largest absolute Gasteiger partial charge is 0.505 e. The van der Waals surface area contributed by atoms with Gasteiger partial charge in [-0.15, -0.1) is 0 Å². The van der Waals surface area contributed by atoms with Gasteiger partial charge in [-0.2, -0.15) is 0 Å². The van der Waals surface area contributed by atoms with E-state index in [0.29, 0.717) is 0 Å². The van der Waals surface area contributed by atoms with Crippen molar-refractivity contribution in [2.45, 2.75) is 25.8 Å². The molecule has 0 aliphatic carbocycles. The number of piperazine rings is 1. The van der Waals surface area contributed by atoms with Crippen LogP contribution in [0.1, 0.15) is 31.4 Å². The first-order valence-electron chi connectivity index (χ1n) is 6.86. The third-order valence-corrected chi connectivity index (χ3v) is 3.71. The standard InChI is InChI=1S/C14H22FN3O/c1-2-3-12(18-8-6-17-7-9-18)10-4-5-11(15)13(16)14(10)19/h4-5,12,17,19H,2-3,6-9,16H2,1H3/t12-/m0/s1. The molecule has 0 radical (unpaired) electrons. The van der Waals surface area contributed by atoms with E-state index < -0.39 is 5.82 Å². The highest BCUT2D eigenvalue weighted by molar-refractivity contribution is 5.57. The van der Waals surface area contributed by atoms with Gasteiger partial charge in [0, 0.05) is 37.8 Å². The number of nitrogens with zero attached hydrogens (tertiary/aromatic N) is 1. The molecule has 4 N–H and O–H groups in total. The third-order valence-electron chi connectivity index (χ3n) is 3.71. The van der Waals surface area contributed by atoms with Crippen molar-refractivity contribution in [3.63, 3.8) is 0 Å². The Balaban J connectivity index is 2.30. The second kappa shape index (κ2) is 6.21. The van der Waals surface area contributed by atoms with E-state index in [0.717, 1.165) is 44.6 Å². The summed E-state index contributed by atoms with van der Waals surface area (Å²) >= 11 is 0. The molecule has 0 saturated carbocycles. The first-order valence-corrected chi connectivity index (χ1v) is 6.86. The second-order valence-electron chi connectivity index (χ2n) is 4.99. The molecule has 0 spiro atoms. The Labute approximate surface area is 113 Å². The van der Waals surface area contributed by atoms with Gasteiger partial charge in [0.25, 0.3) is 0 Å². The van der Waals surface area contributed by atoms with E-state index >= 15 is 0 Å². The summed E-state index contributed by atoms with van der Waals surface area (Å²) in [7, 11) is 0. The maximum absolute atomic E-state index is 13.3. The van der Waals surface area contributed by atoms with Gasteiger partial charge in [-0.3, -0.25) is 4.90 Å². The lowest BCUT2D eigenvalue weighted by Crippen LogP contribution is -2.45. The molecule has 0 aromatic heterocycles. The van der Waals surface area contributed by atoms with Crippen molar-refractivity contribution in [3.05, 3.63) is 23.5 Å². The molecule has 0 unspecified atom stereocenters. The number of aromatic hydroxyl groups is 1. The van der Waals surface area contributed by atoms with Gasteiger partial charge in [0.2, 0.25) is 0 Å². The first-order chi connectivity index (χ1) is 9.15. The van der Waals surface area contributed by atoms with Gasteiger partial charge in [0.05, 0.1) is 0 Å². The van der Waals surface area contributed by atoms with E-state index in [1.807, 2.05) is 0 Å². The zero-order valence-electron chi connectivity index (χ0n) is 11.3. The molecule has 1 aromatic carbocycles. The number of halogens is 1. The average molecular weight is 267 g/mol. The van der Waals surface area contributed by atoms with Crippen molar-refractivity contribution in [1.29, 1.82) is 0 Å². The summed E-state index contributed by atoms with van der Waals surface area (Å²) in [6.07, 6.45) is 1.93. The van der Waals surface area contributed by atoms with Crippen molar-refractivity contribution in [2.24, 2.45) is 0 Å². The van der Waals surface area contributed by atoms with E-state index in [9.17, 15) is 9.50 Å². The number of nitrogen functional groups attached to an aromatic ring is 1. The van der Waals surface area contributed by atoms with Gasteiger partial charge in [-0.1, -0.05) is 19.4 Å². The number of phenols is 1. The molecular weight excluding hydrogens is 245 g/mol. The number of rotatable bonds is 4. The van der Waals surface area contributed by atoms with Gasteiger partial charge in [-0.25, -0.2) is 4.39 Å². The van der Waals surface area contributed by atoms with Crippen LogP contribution in [0.15, 0.2) is 12.1 Å². The van der Waals surface area contributed by atoms with Gasteiger partial charge < -0.3 is 16.2 Å². The molecule has 1 aliphatic heterocycles. The molecule has 19 heavy (non-hydrogen) atoms. The van der Waals surface area contributed by atoms with Crippen LogP contribution in [0.3, 0.4) is 0 Å². The van der Waals surface area contributed by atoms with Crippen LogP contribution in [-0.2, 0) is 0 Å². The van der Waals surface area contributed by atoms with Crippen LogP contribution >= 0.6 is 0 Å². The minimum absolute atomic E-state index is 0.100. The molecule has 0 amide bonds. The van der Waals surface area contributed by atoms with E-state index in [4.69, 9.17) is 5.73 Å². The maximum Gasteiger partial charge on any atom is 0.149 e. The van der Waals surface area contributed by atoms with Crippen LogP contribution < -0.4 is 11.1 Å². The molecule has 1 heterocycles. The molecule has 4 nitrogen and oxygen atoms in total. The number of phenolic OH excluding ortho intramolecular Hbond substituents is 1. The molecule has 5 heteroatoms. The van der Waals surface area contributed by atoms with Gasteiger partial charge in [-0.05, 0) is 12.5 Å².